The second kappa shape index (κ2) is 7.65. The number of hydrogen-bond acceptors (Lipinski definition) is 5. The topological polar surface area (TPSA) is 101 Å². The van der Waals surface area contributed by atoms with E-state index in [1.165, 1.54) is 11.9 Å². The number of hydrogen-bond donors (Lipinski definition) is 2. The molecule has 1 aliphatic heterocycles. The Labute approximate surface area is 144 Å². The maximum atomic E-state index is 12.2. The molecule has 1 aliphatic rings. The van der Waals surface area contributed by atoms with Gasteiger partial charge in [-0.2, -0.15) is 15.0 Å². The van der Waals surface area contributed by atoms with E-state index in [0.29, 0.717) is 18.8 Å². The van der Waals surface area contributed by atoms with Gasteiger partial charge in [0.1, 0.15) is 0 Å². The second-order valence-corrected chi connectivity index (χ2v) is 5.72. The first-order valence-electron chi connectivity index (χ1n) is 8.03. The van der Waals surface area contributed by atoms with Crippen molar-refractivity contribution in [2.75, 3.05) is 25.5 Å². The summed E-state index contributed by atoms with van der Waals surface area (Å²) in [6, 6.07) is 6.78. The molecular formula is C16H20N6O3. The molecule has 9 heteroatoms. The van der Waals surface area contributed by atoms with E-state index in [0.717, 1.165) is 18.5 Å². The fourth-order valence-corrected chi connectivity index (χ4v) is 2.77. The van der Waals surface area contributed by atoms with Gasteiger partial charge in [0, 0.05) is 24.8 Å². The number of rotatable bonds is 3. The molecule has 1 atom stereocenters. The van der Waals surface area contributed by atoms with Gasteiger partial charge in [-0.05, 0) is 37.1 Å². The molecule has 9 nitrogen and oxygen atoms in total. The fraction of sp³-hybridized carbons (Fsp3) is 0.375. The lowest BCUT2D eigenvalue weighted by atomic mass is 10.1. The smallest absolute Gasteiger partial charge is 0.409 e. The average Bonchev–Trinajstić information content (AvgIpc) is 3.16. The summed E-state index contributed by atoms with van der Waals surface area (Å²) in [4.78, 5) is 26.8. The van der Waals surface area contributed by atoms with E-state index < -0.39 is 0 Å². The Morgan fingerprint density at radius 3 is 2.60 bits per heavy atom. The van der Waals surface area contributed by atoms with Crippen molar-refractivity contribution < 1.29 is 14.3 Å². The minimum absolute atomic E-state index is 0.0969. The molecule has 2 N–H and O–H groups in total. The molecule has 1 fully saturated rings. The van der Waals surface area contributed by atoms with Gasteiger partial charge in [-0.3, -0.25) is 0 Å². The van der Waals surface area contributed by atoms with E-state index in [1.807, 2.05) is 12.1 Å². The first-order valence-corrected chi connectivity index (χ1v) is 8.03. The number of amides is 3. The molecule has 2 aromatic rings. The number of benzene rings is 1. The summed E-state index contributed by atoms with van der Waals surface area (Å²) in [6.45, 7) is 1.10. The number of carbonyl (C=O) groups excluding carboxylic acids is 2. The highest BCUT2D eigenvalue weighted by molar-refractivity contribution is 5.89. The first-order chi connectivity index (χ1) is 12.2. The van der Waals surface area contributed by atoms with Crippen molar-refractivity contribution in [1.29, 1.82) is 0 Å². The molecule has 0 radical (unpaired) electrons. The first kappa shape index (κ1) is 16.7. The van der Waals surface area contributed by atoms with Crippen LogP contribution in [0.25, 0.3) is 5.69 Å². The van der Waals surface area contributed by atoms with Crippen LogP contribution < -0.4 is 10.6 Å². The van der Waals surface area contributed by atoms with Crippen LogP contribution in [0, 0.1) is 0 Å². The molecule has 2 heterocycles. The van der Waals surface area contributed by atoms with Crippen molar-refractivity contribution in [3.05, 3.63) is 36.7 Å². The van der Waals surface area contributed by atoms with Crippen LogP contribution >= 0.6 is 0 Å². The van der Waals surface area contributed by atoms with Crippen molar-refractivity contribution in [3.8, 4) is 5.69 Å². The number of likely N-dealkylation sites (tertiary alicyclic amines) is 1. The third kappa shape index (κ3) is 4.25. The highest BCUT2D eigenvalue weighted by Crippen LogP contribution is 2.13. The largest absolute Gasteiger partial charge is 0.453 e. The standard InChI is InChI=1S/C16H20N6O3/c1-25-16(24)21-10-2-3-13(11-21)20-15(23)19-12-4-6-14(7-5-12)22-17-8-9-18-22/h4-9,13H,2-3,10-11H2,1H3,(H2,19,20,23)/t13-/m1/s1. The lowest BCUT2D eigenvalue weighted by molar-refractivity contribution is 0.108. The Balaban J connectivity index is 1.53. The maximum absolute atomic E-state index is 12.2. The molecule has 25 heavy (non-hydrogen) atoms. The van der Waals surface area contributed by atoms with Gasteiger partial charge in [-0.1, -0.05) is 0 Å². The molecule has 1 aromatic carbocycles. The molecule has 3 rings (SSSR count). The van der Waals surface area contributed by atoms with E-state index in [1.54, 1.807) is 29.4 Å². The van der Waals surface area contributed by atoms with Gasteiger partial charge in [-0.15, -0.1) is 0 Å². The van der Waals surface area contributed by atoms with Gasteiger partial charge in [-0.25, -0.2) is 9.59 Å². The lowest BCUT2D eigenvalue weighted by Crippen LogP contribution is -2.50. The van der Waals surface area contributed by atoms with Crippen molar-refractivity contribution in [2.45, 2.75) is 18.9 Å². The number of carbonyl (C=O) groups is 2. The quantitative estimate of drug-likeness (QED) is 0.881. The van der Waals surface area contributed by atoms with E-state index in [2.05, 4.69) is 20.8 Å². The summed E-state index contributed by atoms with van der Waals surface area (Å²) in [5.41, 5.74) is 1.46. The number of anilines is 1. The SMILES string of the molecule is COC(=O)N1CCC[C@@H](NC(=O)Nc2ccc(-n3nccn3)cc2)C1. The summed E-state index contributed by atoms with van der Waals surface area (Å²) in [7, 11) is 1.36. The summed E-state index contributed by atoms with van der Waals surface area (Å²) in [5.74, 6) is 0. The van der Waals surface area contributed by atoms with E-state index in [9.17, 15) is 9.59 Å². The Bertz CT molecular complexity index is 716. The van der Waals surface area contributed by atoms with E-state index >= 15 is 0 Å². The number of aromatic nitrogens is 3. The molecule has 1 saturated heterocycles. The number of urea groups is 1. The predicted molar refractivity (Wildman–Crippen MR) is 90.5 cm³/mol. The summed E-state index contributed by atoms with van der Waals surface area (Å²) >= 11 is 0. The highest BCUT2D eigenvalue weighted by Gasteiger charge is 2.25. The van der Waals surface area contributed by atoms with Crippen LogP contribution in [0.1, 0.15) is 12.8 Å². The summed E-state index contributed by atoms with van der Waals surface area (Å²) in [6.07, 6.45) is 4.48. The number of nitrogens with zero attached hydrogens (tertiary/aromatic N) is 4. The normalized spacial score (nSPS) is 17.0. The Hall–Kier alpha value is -3.10. The molecule has 0 spiro atoms. The minimum atomic E-state index is -0.366. The summed E-state index contributed by atoms with van der Waals surface area (Å²) < 4.78 is 4.73. The van der Waals surface area contributed by atoms with Gasteiger partial charge in [0.25, 0.3) is 0 Å². The maximum Gasteiger partial charge on any atom is 0.409 e. The van der Waals surface area contributed by atoms with Crippen LogP contribution in [0.3, 0.4) is 0 Å². The van der Waals surface area contributed by atoms with Crippen LogP contribution in [0.15, 0.2) is 36.7 Å². The average molecular weight is 344 g/mol. The zero-order chi connectivity index (χ0) is 17.6. The number of piperidine rings is 1. The highest BCUT2D eigenvalue weighted by atomic mass is 16.5. The monoisotopic (exact) mass is 344 g/mol. The van der Waals surface area contributed by atoms with Gasteiger partial charge in [0.2, 0.25) is 0 Å². The minimum Gasteiger partial charge on any atom is -0.453 e. The Kier molecular flexibility index (Phi) is 5.12. The number of ether oxygens (including phenoxy) is 1. The Morgan fingerprint density at radius 2 is 1.92 bits per heavy atom. The fourth-order valence-electron chi connectivity index (χ4n) is 2.77. The number of nitrogens with one attached hydrogen (secondary N) is 2. The van der Waals surface area contributed by atoms with Crippen LogP contribution in [-0.2, 0) is 4.74 Å². The molecule has 0 saturated carbocycles. The Morgan fingerprint density at radius 1 is 1.20 bits per heavy atom. The summed E-state index contributed by atoms with van der Waals surface area (Å²) in [5, 5.41) is 13.8. The van der Waals surface area contributed by atoms with Crippen LogP contribution in [0.5, 0.6) is 0 Å². The van der Waals surface area contributed by atoms with Gasteiger partial charge in [0.15, 0.2) is 0 Å². The van der Waals surface area contributed by atoms with Crippen molar-refractivity contribution in [3.63, 3.8) is 0 Å². The zero-order valence-corrected chi connectivity index (χ0v) is 13.9. The van der Waals surface area contributed by atoms with Gasteiger partial charge < -0.3 is 20.3 Å². The third-order valence-electron chi connectivity index (χ3n) is 3.96. The molecule has 0 unspecified atom stereocenters. The molecule has 132 valence electrons. The zero-order valence-electron chi connectivity index (χ0n) is 13.9. The molecule has 0 aliphatic carbocycles. The van der Waals surface area contributed by atoms with Crippen molar-refractivity contribution in [2.24, 2.45) is 0 Å². The second-order valence-electron chi connectivity index (χ2n) is 5.72. The lowest BCUT2D eigenvalue weighted by Gasteiger charge is -2.32. The number of methoxy groups -OCH3 is 1. The third-order valence-corrected chi connectivity index (χ3v) is 3.96. The molecule has 1 aromatic heterocycles. The predicted octanol–water partition coefficient (Wildman–Crippen LogP) is 1.62. The van der Waals surface area contributed by atoms with Crippen molar-refractivity contribution in [1.82, 2.24) is 25.2 Å². The van der Waals surface area contributed by atoms with Crippen LogP contribution in [-0.4, -0.2) is 58.3 Å². The van der Waals surface area contributed by atoms with Crippen molar-refractivity contribution >= 4 is 17.8 Å². The van der Waals surface area contributed by atoms with Gasteiger partial charge in [0.05, 0.1) is 25.2 Å². The van der Waals surface area contributed by atoms with Gasteiger partial charge >= 0.3 is 12.1 Å². The van der Waals surface area contributed by atoms with E-state index in [4.69, 9.17) is 4.74 Å². The molecule has 0 bridgehead atoms. The molecular weight excluding hydrogens is 324 g/mol. The molecule has 3 amide bonds. The van der Waals surface area contributed by atoms with E-state index in [-0.39, 0.29) is 18.2 Å². The van der Waals surface area contributed by atoms with Crippen LogP contribution in [0.4, 0.5) is 15.3 Å². The van der Waals surface area contributed by atoms with Crippen LogP contribution in [0.2, 0.25) is 0 Å².